The Labute approximate surface area is 121 Å². The number of nitrogens with zero attached hydrogens (tertiary/aromatic N) is 1. The average molecular weight is 323 g/mol. The first-order chi connectivity index (χ1) is 9.04. The van der Waals surface area contributed by atoms with Crippen molar-refractivity contribution in [3.05, 3.63) is 63.9 Å². The largest absolute Gasteiger partial charge is 0.398 e. The molecule has 0 aliphatic carbocycles. The van der Waals surface area contributed by atoms with Crippen LogP contribution in [0.1, 0.15) is 11.1 Å². The number of nitrogen functional groups attached to an aromatic ring is 1. The molecule has 2 aromatic rings. The Morgan fingerprint density at radius 2 is 1.79 bits per heavy atom. The molecular weight excluding hydrogens is 307 g/mol. The Bertz CT molecular complexity index is 555. The highest BCUT2D eigenvalue weighted by atomic mass is 79.9. The summed E-state index contributed by atoms with van der Waals surface area (Å²) < 4.78 is 13.8. The summed E-state index contributed by atoms with van der Waals surface area (Å²) >= 11 is 3.39. The van der Waals surface area contributed by atoms with Gasteiger partial charge in [-0.3, -0.25) is 4.90 Å². The molecule has 0 aliphatic heterocycles. The van der Waals surface area contributed by atoms with Crippen molar-refractivity contribution in [1.82, 2.24) is 4.90 Å². The predicted octanol–water partition coefficient (Wildman–Crippen LogP) is 3.80. The summed E-state index contributed by atoms with van der Waals surface area (Å²) in [4.78, 5) is 2.15. The van der Waals surface area contributed by atoms with Crippen molar-refractivity contribution in [1.29, 1.82) is 0 Å². The number of benzene rings is 2. The molecule has 2 aromatic carbocycles. The number of halogens is 2. The zero-order chi connectivity index (χ0) is 13.8. The summed E-state index contributed by atoms with van der Waals surface area (Å²) in [6, 6.07) is 12.5. The smallest absolute Gasteiger partial charge is 0.123 e. The van der Waals surface area contributed by atoms with Crippen molar-refractivity contribution in [2.45, 2.75) is 13.1 Å². The standard InChI is InChI=1S/C15H16BrFN2/c1-19(9-11-2-6-14(17)7-3-11)10-12-4-5-13(16)8-15(12)18/h2-8H,9-10,18H2,1H3. The van der Waals surface area contributed by atoms with Gasteiger partial charge in [-0.1, -0.05) is 34.1 Å². The summed E-state index contributed by atoms with van der Waals surface area (Å²) in [6.07, 6.45) is 0. The van der Waals surface area contributed by atoms with E-state index < -0.39 is 0 Å². The fourth-order valence-electron chi connectivity index (χ4n) is 1.96. The van der Waals surface area contributed by atoms with Crippen LogP contribution in [0, 0.1) is 5.82 Å². The van der Waals surface area contributed by atoms with Gasteiger partial charge < -0.3 is 5.73 Å². The minimum absolute atomic E-state index is 0.205. The van der Waals surface area contributed by atoms with Gasteiger partial charge in [-0.15, -0.1) is 0 Å². The van der Waals surface area contributed by atoms with Gasteiger partial charge in [0, 0.05) is 23.2 Å². The molecule has 2 N–H and O–H groups in total. The van der Waals surface area contributed by atoms with Gasteiger partial charge in [0.15, 0.2) is 0 Å². The number of nitrogens with two attached hydrogens (primary N) is 1. The molecule has 0 bridgehead atoms. The summed E-state index contributed by atoms with van der Waals surface area (Å²) in [7, 11) is 2.02. The maximum Gasteiger partial charge on any atom is 0.123 e. The van der Waals surface area contributed by atoms with E-state index in [1.54, 1.807) is 12.1 Å². The molecule has 0 fully saturated rings. The van der Waals surface area contributed by atoms with Gasteiger partial charge in [0.1, 0.15) is 5.82 Å². The zero-order valence-electron chi connectivity index (χ0n) is 10.7. The minimum atomic E-state index is -0.205. The van der Waals surface area contributed by atoms with Crippen molar-refractivity contribution in [3.63, 3.8) is 0 Å². The van der Waals surface area contributed by atoms with Crippen LogP contribution in [0.15, 0.2) is 46.9 Å². The van der Waals surface area contributed by atoms with E-state index in [1.165, 1.54) is 12.1 Å². The van der Waals surface area contributed by atoms with Crippen molar-refractivity contribution in [2.24, 2.45) is 0 Å². The maximum atomic E-state index is 12.8. The van der Waals surface area contributed by atoms with Gasteiger partial charge >= 0.3 is 0 Å². The van der Waals surface area contributed by atoms with E-state index in [2.05, 4.69) is 20.8 Å². The second kappa shape index (κ2) is 6.17. The van der Waals surface area contributed by atoms with Crippen LogP contribution in [0.3, 0.4) is 0 Å². The SMILES string of the molecule is CN(Cc1ccc(F)cc1)Cc1ccc(Br)cc1N. The van der Waals surface area contributed by atoms with Gasteiger partial charge in [-0.25, -0.2) is 4.39 Å². The van der Waals surface area contributed by atoms with E-state index in [-0.39, 0.29) is 5.82 Å². The molecule has 0 aliphatic rings. The van der Waals surface area contributed by atoms with E-state index in [4.69, 9.17) is 5.73 Å². The summed E-state index contributed by atoms with van der Waals surface area (Å²) in [5.74, 6) is -0.205. The molecule has 0 saturated carbocycles. The molecule has 0 unspecified atom stereocenters. The monoisotopic (exact) mass is 322 g/mol. The average Bonchev–Trinajstić information content (AvgIpc) is 2.36. The van der Waals surface area contributed by atoms with Crippen LogP contribution in [-0.2, 0) is 13.1 Å². The number of hydrogen-bond acceptors (Lipinski definition) is 2. The molecule has 0 saturated heterocycles. The lowest BCUT2D eigenvalue weighted by molar-refractivity contribution is 0.319. The van der Waals surface area contributed by atoms with Gasteiger partial charge in [0.25, 0.3) is 0 Å². The van der Waals surface area contributed by atoms with Gasteiger partial charge in [-0.2, -0.15) is 0 Å². The predicted molar refractivity (Wildman–Crippen MR) is 80.1 cm³/mol. The first-order valence-corrected chi connectivity index (χ1v) is 6.81. The Balaban J connectivity index is 2.01. The summed E-state index contributed by atoms with van der Waals surface area (Å²) in [5, 5.41) is 0. The lowest BCUT2D eigenvalue weighted by Gasteiger charge is -2.18. The Hall–Kier alpha value is -1.39. The molecule has 0 atom stereocenters. The maximum absolute atomic E-state index is 12.8. The molecule has 2 rings (SSSR count). The van der Waals surface area contributed by atoms with Crippen LogP contribution >= 0.6 is 15.9 Å². The van der Waals surface area contributed by atoms with Crippen LogP contribution in [0.5, 0.6) is 0 Å². The van der Waals surface area contributed by atoms with E-state index in [9.17, 15) is 4.39 Å². The summed E-state index contributed by atoms with van der Waals surface area (Å²) in [5.41, 5.74) is 8.93. The highest BCUT2D eigenvalue weighted by Gasteiger charge is 2.05. The number of anilines is 1. The zero-order valence-corrected chi connectivity index (χ0v) is 12.3. The Morgan fingerprint density at radius 1 is 1.11 bits per heavy atom. The van der Waals surface area contributed by atoms with Crippen molar-refractivity contribution in [3.8, 4) is 0 Å². The first kappa shape index (κ1) is 14.0. The van der Waals surface area contributed by atoms with E-state index in [0.717, 1.165) is 34.4 Å². The van der Waals surface area contributed by atoms with Crippen LogP contribution in [0.4, 0.5) is 10.1 Å². The van der Waals surface area contributed by atoms with E-state index >= 15 is 0 Å². The molecular formula is C15H16BrFN2. The topological polar surface area (TPSA) is 29.3 Å². The van der Waals surface area contributed by atoms with E-state index in [1.807, 2.05) is 25.2 Å². The molecule has 0 heterocycles. The molecule has 19 heavy (non-hydrogen) atoms. The molecule has 0 spiro atoms. The van der Waals surface area contributed by atoms with Crippen LogP contribution in [0.2, 0.25) is 0 Å². The fourth-order valence-corrected chi connectivity index (χ4v) is 2.34. The molecule has 0 aromatic heterocycles. The molecule has 0 amide bonds. The fraction of sp³-hybridized carbons (Fsp3) is 0.200. The third kappa shape index (κ3) is 4.04. The van der Waals surface area contributed by atoms with Crippen molar-refractivity contribution in [2.75, 3.05) is 12.8 Å². The van der Waals surface area contributed by atoms with Crippen molar-refractivity contribution < 1.29 is 4.39 Å². The number of rotatable bonds is 4. The third-order valence-corrected chi connectivity index (χ3v) is 3.41. The lowest BCUT2D eigenvalue weighted by Crippen LogP contribution is -2.18. The molecule has 0 radical (unpaired) electrons. The first-order valence-electron chi connectivity index (χ1n) is 6.01. The second-order valence-electron chi connectivity index (χ2n) is 4.64. The second-order valence-corrected chi connectivity index (χ2v) is 5.56. The normalized spacial score (nSPS) is 10.9. The van der Waals surface area contributed by atoms with Crippen LogP contribution in [-0.4, -0.2) is 11.9 Å². The quantitative estimate of drug-likeness (QED) is 0.867. The highest BCUT2D eigenvalue weighted by molar-refractivity contribution is 9.10. The molecule has 100 valence electrons. The van der Waals surface area contributed by atoms with Crippen LogP contribution < -0.4 is 5.73 Å². The third-order valence-electron chi connectivity index (χ3n) is 2.91. The summed E-state index contributed by atoms with van der Waals surface area (Å²) in [6.45, 7) is 1.52. The Kier molecular flexibility index (Phi) is 4.56. The molecule has 4 heteroatoms. The minimum Gasteiger partial charge on any atom is -0.398 e. The van der Waals surface area contributed by atoms with Crippen LogP contribution in [0.25, 0.3) is 0 Å². The Morgan fingerprint density at radius 3 is 2.42 bits per heavy atom. The van der Waals surface area contributed by atoms with E-state index in [0.29, 0.717) is 0 Å². The van der Waals surface area contributed by atoms with Gasteiger partial charge in [-0.05, 0) is 42.4 Å². The molecule has 2 nitrogen and oxygen atoms in total. The van der Waals surface area contributed by atoms with Gasteiger partial charge in [0.05, 0.1) is 0 Å². The van der Waals surface area contributed by atoms with Gasteiger partial charge in [0.2, 0.25) is 0 Å². The van der Waals surface area contributed by atoms with Crippen molar-refractivity contribution >= 4 is 21.6 Å². The lowest BCUT2D eigenvalue weighted by atomic mass is 10.1. The number of hydrogen-bond donors (Lipinski definition) is 1. The highest BCUT2D eigenvalue weighted by Crippen LogP contribution is 2.20.